The average Bonchev–Trinajstić information content (AvgIpc) is 2.46. The number of ether oxygens (including phenoxy) is 2. The molecule has 0 radical (unpaired) electrons. The molecule has 0 spiro atoms. The highest BCUT2D eigenvalue weighted by atomic mass is 19.1. The van der Waals surface area contributed by atoms with Crippen LogP contribution in [0.2, 0.25) is 0 Å². The lowest BCUT2D eigenvalue weighted by atomic mass is 10.00. The predicted molar refractivity (Wildman–Crippen MR) is 90.3 cm³/mol. The van der Waals surface area contributed by atoms with Gasteiger partial charge in [0.1, 0.15) is 0 Å². The fourth-order valence-electron chi connectivity index (χ4n) is 3.12. The van der Waals surface area contributed by atoms with Crippen molar-refractivity contribution in [3.8, 4) is 5.75 Å². The van der Waals surface area contributed by atoms with Crippen molar-refractivity contribution in [3.05, 3.63) is 29.6 Å². The molecule has 2 atom stereocenters. The van der Waals surface area contributed by atoms with Gasteiger partial charge < -0.3 is 14.8 Å². The molecule has 0 saturated carbocycles. The van der Waals surface area contributed by atoms with Crippen LogP contribution in [-0.2, 0) is 11.3 Å². The maximum absolute atomic E-state index is 13.7. The lowest BCUT2D eigenvalue weighted by Crippen LogP contribution is -2.58. The van der Waals surface area contributed by atoms with Gasteiger partial charge in [-0.2, -0.15) is 0 Å². The summed E-state index contributed by atoms with van der Waals surface area (Å²) in [7, 11) is 1.48. The summed E-state index contributed by atoms with van der Waals surface area (Å²) in [6.07, 6.45) is 0.516. The first-order chi connectivity index (χ1) is 10.8. The molecular weight excluding hydrogens is 295 g/mol. The van der Waals surface area contributed by atoms with Gasteiger partial charge >= 0.3 is 0 Å². The summed E-state index contributed by atoms with van der Waals surface area (Å²) in [6.45, 7) is 12.1. The smallest absolute Gasteiger partial charge is 0.165 e. The highest BCUT2D eigenvalue weighted by Crippen LogP contribution is 2.21. The minimum atomic E-state index is -0.318. The van der Waals surface area contributed by atoms with Crippen LogP contribution in [0.4, 0.5) is 4.39 Å². The van der Waals surface area contributed by atoms with E-state index in [-0.39, 0.29) is 29.3 Å². The summed E-state index contributed by atoms with van der Waals surface area (Å²) in [4.78, 5) is 2.47. The van der Waals surface area contributed by atoms with Crippen LogP contribution in [0.1, 0.15) is 33.3 Å². The Morgan fingerprint density at radius 1 is 1.30 bits per heavy atom. The number of halogens is 1. The molecule has 2 unspecified atom stereocenters. The molecule has 1 aliphatic rings. The number of morpholine rings is 1. The second-order valence-corrected chi connectivity index (χ2v) is 7.05. The Labute approximate surface area is 139 Å². The van der Waals surface area contributed by atoms with Crippen LogP contribution in [0.5, 0.6) is 5.75 Å². The molecular formula is C18H29FN2O2. The van der Waals surface area contributed by atoms with Crippen molar-refractivity contribution in [1.82, 2.24) is 10.2 Å². The van der Waals surface area contributed by atoms with E-state index in [2.05, 4.69) is 37.9 Å². The maximum atomic E-state index is 13.7. The number of benzene rings is 1. The Bertz CT molecular complexity index is 512. The first-order valence-corrected chi connectivity index (χ1v) is 8.25. The quantitative estimate of drug-likeness (QED) is 0.872. The number of hydrogen-bond acceptors (Lipinski definition) is 4. The number of hydrogen-bond donors (Lipinski definition) is 1. The molecule has 0 bridgehead atoms. The number of nitrogens with one attached hydrogen (secondary N) is 1. The molecule has 1 aromatic rings. The molecule has 1 aliphatic heterocycles. The number of nitrogens with zero attached hydrogens (tertiary/aromatic N) is 1. The highest BCUT2D eigenvalue weighted by molar-refractivity contribution is 5.29. The van der Waals surface area contributed by atoms with Gasteiger partial charge in [-0.1, -0.05) is 6.07 Å². The van der Waals surface area contributed by atoms with Crippen molar-refractivity contribution >= 4 is 0 Å². The van der Waals surface area contributed by atoms with Crippen LogP contribution < -0.4 is 10.1 Å². The summed E-state index contributed by atoms with van der Waals surface area (Å²) in [5, 5.41) is 3.44. The largest absolute Gasteiger partial charge is 0.494 e. The van der Waals surface area contributed by atoms with Gasteiger partial charge in [-0.05, 0) is 45.4 Å². The van der Waals surface area contributed by atoms with E-state index in [1.807, 2.05) is 6.07 Å². The van der Waals surface area contributed by atoms with Gasteiger partial charge in [0.05, 0.1) is 19.3 Å². The van der Waals surface area contributed by atoms with E-state index >= 15 is 0 Å². The average molecular weight is 324 g/mol. The molecule has 0 aromatic heterocycles. The van der Waals surface area contributed by atoms with Crippen LogP contribution in [0.3, 0.4) is 0 Å². The maximum Gasteiger partial charge on any atom is 0.165 e. The van der Waals surface area contributed by atoms with Crippen molar-refractivity contribution in [1.29, 1.82) is 0 Å². The first kappa shape index (κ1) is 18.2. The van der Waals surface area contributed by atoms with Gasteiger partial charge in [-0.3, -0.25) is 4.90 Å². The summed E-state index contributed by atoms with van der Waals surface area (Å²) in [6, 6.07) is 5.08. The van der Waals surface area contributed by atoms with E-state index in [9.17, 15) is 4.39 Å². The molecule has 1 saturated heterocycles. The lowest BCUT2D eigenvalue weighted by molar-refractivity contribution is -0.0952. The molecule has 0 aliphatic carbocycles. The van der Waals surface area contributed by atoms with Gasteiger partial charge in [-0.15, -0.1) is 0 Å². The van der Waals surface area contributed by atoms with Crippen molar-refractivity contribution in [2.45, 2.75) is 52.0 Å². The molecule has 1 aromatic carbocycles. The van der Waals surface area contributed by atoms with E-state index in [1.54, 1.807) is 6.07 Å². The van der Waals surface area contributed by atoms with Crippen molar-refractivity contribution < 1.29 is 13.9 Å². The molecule has 0 amide bonds. The third-order valence-electron chi connectivity index (χ3n) is 4.38. The summed E-state index contributed by atoms with van der Waals surface area (Å²) >= 11 is 0. The predicted octanol–water partition coefficient (Wildman–Crippen LogP) is 2.81. The van der Waals surface area contributed by atoms with E-state index in [0.717, 1.165) is 25.2 Å². The minimum Gasteiger partial charge on any atom is -0.494 e. The Morgan fingerprint density at radius 2 is 1.96 bits per heavy atom. The fraction of sp³-hybridized carbons (Fsp3) is 0.667. The molecule has 5 heteroatoms. The van der Waals surface area contributed by atoms with Crippen LogP contribution in [0.25, 0.3) is 0 Å². The summed E-state index contributed by atoms with van der Waals surface area (Å²) < 4.78 is 24.5. The first-order valence-electron chi connectivity index (χ1n) is 8.25. The SMILES string of the molecule is COc1ccc(CNCC(C)(C)N2CC(C)OC(C)C2)cc1F. The minimum absolute atomic E-state index is 0.0251. The summed E-state index contributed by atoms with van der Waals surface area (Å²) in [5.74, 6) is -0.0349. The molecule has 130 valence electrons. The zero-order valence-corrected chi connectivity index (χ0v) is 14.9. The van der Waals surface area contributed by atoms with E-state index in [4.69, 9.17) is 9.47 Å². The second kappa shape index (κ2) is 7.60. The van der Waals surface area contributed by atoms with E-state index in [1.165, 1.54) is 13.2 Å². The molecule has 1 fully saturated rings. The zero-order chi connectivity index (χ0) is 17.0. The normalized spacial score (nSPS) is 23.0. The van der Waals surface area contributed by atoms with Gasteiger partial charge in [0.25, 0.3) is 0 Å². The number of methoxy groups -OCH3 is 1. The van der Waals surface area contributed by atoms with Gasteiger partial charge in [0.2, 0.25) is 0 Å². The molecule has 23 heavy (non-hydrogen) atoms. The highest BCUT2D eigenvalue weighted by Gasteiger charge is 2.32. The van der Waals surface area contributed by atoms with Gasteiger partial charge in [-0.25, -0.2) is 4.39 Å². The molecule has 1 heterocycles. The van der Waals surface area contributed by atoms with Crippen LogP contribution in [0, 0.1) is 5.82 Å². The summed E-state index contributed by atoms with van der Waals surface area (Å²) in [5.41, 5.74) is 0.944. The topological polar surface area (TPSA) is 33.7 Å². The fourth-order valence-corrected chi connectivity index (χ4v) is 3.12. The van der Waals surface area contributed by atoms with Gasteiger partial charge in [0, 0.05) is 31.7 Å². The van der Waals surface area contributed by atoms with Crippen molar-refractivity contribution in [3.63, 3.8) is 0 Å². The zero-order valence-electron chi connectivity index (χ0n) is 14.9. The monoisotopic (exact) mass is 324 g/mol. The Balaban J connectivity index is 1.88. The van der Waals surface area contributed by atoms with Crippen molar-refractivity contribution in [2.24, 2.45) is 0 Å². The second-order valence-electron chi connectivity index (χ2n) is 7.05. The van der Waals surface area contributed by atoms with E-state index < -0.39 is 0 Å². The molecule has 1 N–H and O–H groups in total. The van der Waals surface area contributed by atoms with Gasteiger partial charge in [0.15, 0.2) is 11.6 Å². The molecule has 4 nitrogen and oxygen atoms in total. The standard InChI is InChI=1S/C18H29FN2O2/c1-13-10-21(11-14(2)23-13)18(3,4)12-20-9-15-6-7-17(22-5)16(19)8-15/h6-8,13-14,20H,9-12H2,1-5H3. The Kier molecular flexibility index (Phi) is 6.00. The van der Waals surface area contributed by atoms with Crippen LogP contribution >= 0.6 is 0 Å². The third-order valence-corrected chi connectivity index (χ3v) is 4.38. The van der Waals surface area contributed by atoms with Crippen LogP contribution in [0.15, 0.2) is 18.2 Å². The van der Waals surface area contributed by atoms with E-state index in [0.29, 0.717) is 6.54 Å². The lowest BCUT2D eigenvalue weighted by Gasteiger charge is -2.45. The molecule has 2 rings (SSSR count). The van der Waals surface area contributed by atoms with Crippen molar-refractivity contribution in [2.75, 3.05) is 26.7 Å². The van der Waals surface area contributed by atoms with Crippen LogP contribution in [-0.4, -0.2) is 49.4 Å². The Hall–Kier alpha value is -1.17. The Morgan fingerprint density at radius 3 is 2.52 bits per heavy atom. The third kappa shape index (κ3) is 4.90. The number of rotatable bonds is 6.